The maximum Gasteiger partial charge on any atom is 0.263 e. The van der Waals surface area contributed by atoms with Crippen LogP contribution >= 0.6 is 15.9 Å². The Labute approximate surface area is 124 Å². The van der Waals surface area contributed by atoms with Gasteiger partial charge >= 0.3 is 0 Å². The molecule has 8 heteroatoms. The first kappa shape index (κ1) is 15.0. The lowest BCUT2D eigenvalue weighted by Gasteiger charge is -2.07. The van der Waals surface area contributed by atoms with Crippen molar-refractivity contribution in [2.75, 3.05) is 4.72 Å². The smallest absolute Gasteiger partial charge is 0.263 e. The quantitative estimate of drug-likeness (QED) is 0.875. The summed E-state index contributed by atoms with van der Waals surface area (Å²) in [5.41, 5.74) is 0.590. The van der Waals surface area contributed by atoms with Crippen LogP contribution < -0.4 is 4.72 Å². The van der Waals surface area contributed by atoms with Crippen LogP contribution in [0.1, 0.15) is 5.69 Å². The van der Waals surface area contributed by atoms with E-state index in [1.165, 1.54) is 29.0 Å². The van der Waals surface area contributed by atoms with E-state index in [-0.39, 0.29) is 21.7 Å². The summed E-state index contributed by atoms with van der Waals surface area (Å²) in [6.45, 7) is -0.265. The van der Waals surface area contributed by atoms with Gasteiger partial charge in [0.25, 0.3) is 10.0 Å². The molecule has 0 atom stereocenters. The van der Waals surface area contributed by atoms with Crippen molar-refractivity contribution in [1.29, 1.82) is 0 Å². The number of hydrogen-bond donors (Lipinski definition) is 2. The molecule has 20 heavy (non-hydrogen) atoms. The van der Waals surface area contributed by atoms with Crippen LogP contribution in [0.3, 0.4) is 0 Å². The monoisotopic (exact) mass is 362 g/mol. The van der Waals surface area contributed by atoms with Crippen molar-refractivity contribution < 1.29 is 17.9 Å². The first-order valence-electron chi connectivity index (χ1n) is 5.57. The Hall–Kier alpha value is -1.38. The first-order chi connectivity index (χ1) is 9.33. The minimum absolute atomic E-state index is 0.00683. The standard InChI is InChI=1S/C12H12BrFN2O3S/c1-16-6-10(5-9(16)7-17)20(18,19)15-8-2-3-11(13)12(14)4-8/h2-6,15,17H,7H2,1H3. The predicted octanol–water partition coefficient (Wildman–Crippen LogP) is 2.22. The Kier molecular flexibility index (Phi) is 4.17. The maximum absolute atomic E-state index is 13.4. The second-order valence-electron chi connectivity index (χ2n) is 4.17. The molecule has 0 radical (unpaired) electrons. The van der Waals surface area contributed by atoms with Gasteiger partial charge in [0.05, 0.1) is 16.8 Å². The Morgan fingerprint density at radius 3 is 2.65 bits per heavy atom. The van der Waals surface area contributed by atoms with Crippen LogP contribution in [0.4, 0.5) is 10.1 Å². The van der Waals surface area contributed by atoms with Crippen molar-refractivity contribution in [2.45, 2.75) is 11.5 Å². The van der Waals surface area contributed by atoms with Gasteiger partial charge in [0.2, 0.25) is 0 Å². The van der Waals surface area contributed by atoms with Crippen LogP contribution in [0.15, 0.2) is 39.8 Å². The molecule has 1 aromatic carbocycles. The van der Waals surface area contributed by atoms with E-state index in [1.807, 2.05) is 0 Å². The van der Waals surface area contributed by atoms with Crippen LogP contribution in [-0.4, -0.2) is 18.1 Å². The third-order valence-corrected chi connectivity index (χ3v) is 4.72. The molecule has 0 aliphatic heterocycles. The van der Waals surface area contributed by atoms with Crippen molar-refractivity contribution in [3.8, 4) is 0 Å². The third kappa shape index (κ3) is 3.02. The Morgan fingerprint density at radius 2 is 2.10 bits per heavy atom. The van der Waals surface area contributed by atoms with Crippen LogP contribution in [0.5, 0.6) is 0 Å². The van der Waals surface area contributed by atoms with E-state index in [9.17, 15) is 12.8 Å². The number of nitrogens with zero attached hydrogens (tertiary/aromatic N) is 1. The molecular weight excluding hydrogens is 351 g/mol. The van der Waals surface area contributed by atoms with Gasteiger partial charge < -0.3 is 9.67 Å². The summed E-state index contributed by atoms with van der Waals surface area (Å²) < 4.78 is 41.7. The van der Waals surface area contributed by atoms with Gasteiger partial charge in [0, 0.05) is 18.9 Å². The topological polar surface area (TPSA) is 71.3 Å². The number of aliphatic hydroxyl groups is 1. The van der Waals surface area contributed by atoms with E-state index in [1.54, 1.807) is 7.05 Å². The number of aliphatic hydroxyl groups excluding tert-OH is 1. The minimum atomic E-state index is -3.82. The zero-order chi connectivity index (χ0) is 14.9. The van der Waals surface area contributed by atoms with Crippen LogP contribution in [0, 0.1) is 5.82 Å². The van der Waals surface area contributed by atoms with Crippen LogP contribution in [0.2, 0.25) is 0 Å². The van der Waals surface area contributed by atoms with Crippen molar-refractivity contribution in [1.82, 2.24) is 4.57 Å². The molecule has 1 aromatic heterocycles. The van der Waals surface area contributed by atoms with Crippen molar-refractivity contribution >= 4 is 31.6 Å². The molecule has 0 aliphatic rings. The highest BCUT2D eigenvalue weighted by molar-refractivity contribution is 9.10. The fourth-order valence-electron chi connectivity index (χ4n) is 1.65. The molecule has 2 N–H and O–H groups in total. The molecule has 108 valence electrons. The molecule has 1 heterocycles. The molecule has 2 rings (SSSR count). The lowest BCUT2D eigenvalue weighted by molar-refractivity contribution is 0.272. The van der Waals surface area contributed by atoms with Gasteiger partial charge in [-0.15, -0.1) is 0 Å². The highest BCUT2D eigenvalue weighted by Crippen LogP contribution is 2.22. The largest absolute Gasteiger partial charge is 0.390 e. The molecule has 0 saturated heterocycles. The molecule has 0 unspecified atom stereocenters. The molecular formula is C12H12BrFN2O3S. The number of aromatic nitrogens is 1. The number of sulfonamides is 1. The first-order valence-corrected chi connectivity index (χ1v) is 7.85. The van der Waals surface area contributed by atoms with Gasteiger partial charge in [-0.2, -0.15) is 0 Å². The summed E-state index contributed by atoms with van der Waals surface area (Å²) in [6.07, 6.45) is 1.38. The molecule has 0 bridgehead atoms. The molecule has 2 aromatic rings. The van der Waals surface area contributed by atoms with E-state index in [2.05, 4.69) is 20.7 Å². The van der Waals surface area contributed by atoms with E-state index in [4.69, 9.17) is 5.11 Å². The Bertz CT molecular complexity index is 743. The van der Waals surface area contributed by atoms with Gasteiger partial charge in [-0.1, -0.05) is 0 Å². The predicted molar refractivity (Wildman–Crippen MR) is 76.2 cm³/mol. The van der Waals surface area contributed by atoms with Gasteiger partial charge in [0.15, 0.2) is 0 Å². The lowest BCUT2D eigenvalue weighted by atomic mass is 10.3. The fraction of sp³-hybridized carbons (Fsp3) is 0.167. The second kappa shape index (κ2) is 5.55. The highest BCUT2D eigenvalue weighted by atomic mass is 79.9. The van der Waals surface area contributed by atoms with E-state index >= 15 is 0 Å². The normalized spacial score (nSPS) is 11.6. The second-order valence-corrected chi connectivity index (χ2v) is 6.71. The van der Waals surface area contributed by atoms with E-state index in [0.29, 0.717) is 5.69 Å². The molecule has 5 nitrogen and oxygen atoms in total. The number of rotatable bonds is 4. The zero-order valence-corrected chi connectivity index (χ0v) is 12.9. The fourth-order valence-corrected chi connectivity index (χ4v) is 3.04. The molecule has 0 saturated carbocycles. The number of benzene rings is 1. The highest BCUT2D eigenvalue weighted by Gasteiger charge is 2.18. The van der Waals surface area contributed by atoms with Gasteiger partial charge in [-0.25, -0.2) is 12.8 Å². The summed E-state index contributed by atoms with van der Waals surface area (Å²) in [6, 6.07) is 5.30. The van der Waals surface area contributed by atoms with Crippen molar-refractivity contribution in [3.05, 3.63) is 46.4 Å². The summed E-state index contributed by atoms with van der Waals surface area (Å²) >= 11 is 2.99. The summed E-state index contributed by atoms with van der Waals surface area (Å²) in [7, 11) is -2.19. The zero-order valence-electron chi connectivity index (χ0n) is 10.5. The lowest BCUT2D eigenvalue weighted by Crippen LogP contribution is -2.12. The van der Waals surface area contributed by atoms with Crippen molar-refractivity contribution in [3.63, 3.8) is 0 Å². The number of aryl methyl sites for hydroxylation is 1. The third-order valence-electron chi connectivity index (χ3n) is 2.73. The Balaban J connectivity index is 2.32. The van der Waals surface area contributed by atoms with Crippen molar-refractivity contribution in [2.24, 2.45) is 7.05 Å². The SMILES string of the molecule is Cn1cc(S(=O)(=O)Nc2ccc(Br)c(F)c2)cc1CO. The average Bonchev–Trinajstić information content (AvgIpc) is 2.76. The summed E-state index contributed by atoms with van der Waals surface area (Å²) in [4.78, 5) is 0.00683. The van der Waals surface area contributed by atoms with Gasteiger partial charge in [0.1, 0.15) is 10.7 Å². The van der Waals surface area contributed by atoms with Gasteiger partial charge in [-0.05, 0) is 40.2 Å². The number of halogens is 2. The maximum atomic E-state index is 13.4. The van der Waals surface area contributed by atoms with Crippen LogP contribution in [0.25, 0.3) is 0 Å². The molecule has 0 fully saturated rings. The van der Waals surface area contributed by atoms with Gasteiger partial charge in [-0.3, -0.25) is 4.72 Å². The van der Waals surface area contributed by atoms with E-state index in [0.717, 1.165) is 6.07 Å². The number of anilines is 1. The summed E-state index contributed by atoms with van der Waals surface area (Å²) in [5, 5.41) is 9.06. The minimum Gasteiger partial charge on any atom is -0.390 e. The Morgan fingerprint density at radius 1 is 1.40 bits per heavy atom. The summed E-state index contributed by atoms with van der Waals surface area (Å²) in [5.74, 6) is -0.561. The molecule has 0 aliphatic carbocycles. The van der Waals surface area contributed by atoms with E-state index < -0.39 is 15.8 Å². The average molecular weight is 363 g/mol. The molecule has 0 amide bonds. The number of hydrogen-bond acceptors (Lipinski definition) is 3. The van der Waals surface area contributed by atoms with Crippen LogP contribution in [-0.2, 0) is 23.7 Å². The molecule has 0 spiro atoms. The number of nitrogens with one attached hydrogen (secondary N) is 1.